The Balaban J connectivity index is 1.83. The Morgan fingerprint density at radius 3 is 2.30 bits per heavy atom. The molecule has 1 aromatic carbocycles. The molecule has 43 heavy (non-hydrogen) atoms. The fourth-order valence-electron chi connectivity index (χ4n) is 5.37. The van der Waals surface area contributed by atoms with Crippen LogP contribution in [0.25, 0.3) is 0 Å². The lowest BCUT2D eigenvalue weighted by Crippen LogP contribution is -2.52. The Bertz CT molecular complexity index is 1410. The number of benzene rings is 1. The van der Waals surface area contributed by atoms with Crippen LogP contribution < -0.4 is 10.2 Å². The zero-order valence-electron chi connectivity index (χ0n) is 23.2. The molecule has 0 radical (unpaired) electrons. The van der Waals surface area contributed by atoms with Gasteiger partial charge >= 0.3 is 10.2 Å². The zero-order chi connectivity index (χ0) is 31.9. The molecule has 0 bridgehead atoms. The Kier molecular flexibility index (Phi) is 8.16. The Labute approximate surface area is 243 Å². The van der Waals surface area contributed by atoms with E-state index in [9.17, 15) is 43.1 Å². The van der Waals surface area contributed by atoms with Gasteiger partial charge in [0, 0.05) is 56.1 Å². The molecule has 2 heterocycles. The Hall–Kier alpha value is -3.58. The first-order valence-corrected chi connectivity index (χ1v) is 15.2. The number of nitriles is 1. The highest BCUT2D eigenvalue weighted by atomic mass is 32.5. The van der Waals surface area contributed by atoms with Gasteiger partial charge < -0.3 is 10.1 Å². The van der Waals surface area contributed by atoms with Crippen LogP contribution in [0.3, 0.4) is 0 Å². The molecule has 0 spiro atoms. The highest BCUT2D eigenvalue weighted by Gasteiger charge is 2.65. The number of nitrogens with zero attached hydrogens (tertiary/aromatic N) is 4. The minimum absolute atomic E-state index is 0.0129. The number of aromatic nitrogens is 1. The average molecular weight is 638 g/mol. The smallest absolute Gasteiger partial charge is 0.310 e. The minimum Gasteiger partial charge on any atom is -0.379 e. The van der Waals surface area contributed by atoms with Crippen LogP contribution >= 0.6 is 10.2 Å². The molecule has 8 nitrogen and oxygen atoms in total. The quantitative estimate of drug-likeness (QED) is 0.266. The van der Waals surface area contributed by atoms with Crippen LogP contribution in [-0.4, -0.2) is 59.5 Å². The third kappa shape index (κ3) is 7.32. The second-order valence-electron chi connectivity index (χ2n) is 10.8. The second-order valence-corrected chi connectivity index (χ2v) is 13.2. The third-order valence-electron chi connectivity index (χ3n) is 7.75. The van der Waals surface area contributed by atoms with Crippen LogP contribution in [0, 0.1) is 18.4 Å². The van der Waals surface area contributed by atoms with E-state index in [4.69, 9.17) is 4.74 Å². The number of aryl methyl sites for hydroxylation is 1. The molecule has 4 rings (SSSR count). The van der Waals surface area contributed by atoms with Crippen molar-refractivity contribution in [2.75, 3.05) is 18.6 Å². The van der Waals surface area contributed by atoms with Crippen molar-refractivity contribution in [3.63, 3.8) is 0 Å². The first kappa shape index (κ1) is 32.3. The number of ether oxygens (including phenoxy) is 1. The summed E-state index contributed by atoms with van der Waals surface area (Å²) in [6.45, 7) is 1.61. The topological polar surface area (TPSA) is 98.6 Å². The first-order chi connectivity index (χ1) is 19.8. The molecule has 1 aromatic heterocycles. The number of hydrogen-bond acceptors (Lipinski definition) is 6. The number of hydrogen-bond donors (Lipinski definition) is 1. The maximum absolute atomic E-state index is 14.2. The van der Waals surface area contributed by atoms with Crippen molar-refractivity contribution in [2.24, 2.45) is 0 Å². The molecule has 2 fully saturated rings. The maximum atomic E-state index is 14.2. The summed E-state index contributed by atoms with van der Waals surface area (Å²) in [4.78, 5) is 31.9. The number of carbonyl (C=O) groups is 2. The Morgan fingerprint density at radius 2 is 1.77 bits per heavy atom. The van der Waals surface area contributed by atoms with Gasteiger partial charge in [-0.2, -0.15) is 5.26 Å². The summed E-state index contributed by atoms with van der Waals surface area (Å²) in [5, 5.41) is 12.4. The molecule has 1 saturated carbocycles. The van der Waals surface area contributed by atoms with Gasteiger partial charge in [0.2, 0.25) is 11.8 Å². The van der Waals surface area contributed by atoms with Crippen molar-refractivity contribution >= 4 is 27.7 Å². The largest absolute Gasteiger partial charge is 0.379 e. The predicted molar refractivity (Wildman–Crippen MR) is 144 cm³/mol. The van der Waals surface area contributed by atoms with Gasteiger partial charge in [-0.3, -0.25) is 24.4 Å². The highest BCUT2D eigenvalue weighted by Crippen LogP contribution is 3.02. The molecule has 2 aliphatic rings. The lowest BCUT2D eigenvalue weighted by atomic mass is 9.91. The predicted octanol–water partition coefficient (Wildman–Crippen LogP) is 6.39. The van der Waals surface area contributed by atoms with Crippen molar-refractivity contribution in [3.05, 3.63) is 53.9 Å². The SMILES string of the molecule is CO[C@@H]1C[C@H](C(=O)N(c2ccc(S(F)(F)(F)(F)F)cc2)C(C(=O)NC2CCC(F)(F)CC2)c2cnccc2C)N(C#N)C1. The Morgan fingerprint density at radius 1 is 1.14 bits per heavy atom. The molecule has 1 unspecified atom stereocenters. The van der Waals surface area contributed by atoms with Crippen LogP contribution in [0.5, 0.6) is 0 Å². The van der Waals surface area contributed by atoms with E-state index in [2.05, 4.69) is 10.3 Å². The molecule has 3 atom stereocenters. The maximum Gasteiger partial charge on any atom is 0.310 e. The zero-order valence-corrected chi connectivity index (χ0v) is 24.0. The molecule has 2 aromatic rings. The minimum atomic E-state index is -10.1. The van der Waals surface area contributed by atoms with Gasteiger partial charge in [0.1, 0.15) is 17.0 Å². The van der Waals surface area contributed by atoms with Gasteiger partial charge in [-0.25, -0.2) is 8.78 Å². The summed E-state index contributed by atoms with van der Waals surface area (Å²) < 4.78 is 100. The summed E-state index contributed by atoms with van der Waals surface area (Å²) in [7, 11) is -8.71. The van der Waals surface area contributed by atoms with Crippen LogP contribution in [0.4, 0.5) is 33.9 Å². The molecule has 16 heteroatoms. The summed E-state index contributed by atoms with van der Waals surface area (Å²) in [5.41, 5.74) is 0.258. The van der Waals surface area contributed by atoms with Gasteiger partial charge in [-0.05, 0) is 55.7 Å². The van der Waals surface area contributed by atoms with Gasteiger partial charge in [-0.1, -0.05) is 19.4 Å². The van der Waals surface area contributed by atoms with Gasteiger partial charge in [0.15, 0.2) is 6.19 Å². The molecular weight excluding hydrogens is 607 g/mol. The van der Waals surface area contributed by atoms with E-state index in [0.717, 1.165) is 9.80 Å². The first-order valence-electron chi connectivity index (χ1n) is 13.3. The van der Waals surface area contributed by atoms with Crippen LogP contribution in [-0.2, 0) is 14.3 Å². The molecule has 236 valence electrons. The summed E-state index contributed by atoms with van der Waals surface area (Å²) in [5.74, 6) is -4.63. The van der Waals surface area contributed by atoms with E-state index in [1.54, 1.807) is 6.92 Å². The molecule has 2 amide bonds. The molecular formula is C27H30F7N5O3S. The average Bonchev–Trinajstić information content (AvgIpc) is 3.36. The molecule has 1 saturated heterocycles. The summed E-state index contributed by atoms with van der Waals surface area (Å²) in [6.07, 6.45) is 2.88. The van der Waals surface area contributed by atoms with Crippen LogP contribution in [0.2, 0.25) is 0 Å². The monoisotopic (exact) mass is 637 g/mol. The number of pyridine rings is 1. The molecule has 1 aliphatic heterocycles. The fraction of sp³-hybridized carbons (Fsp3) is 0.481. The lowest BCUT2D eigenvalue weighted by molar-refractivity contribution is -0.129. The van der Waals surface area contributed by atoms with Gasteiger partial charge in [0.25, 0.3) is 5.91 Å². The van der Waals surface area contributed by atoms with Gasteiger partial charge in [-0.15, -0.1) is 0 Å². The lowest BCUT2D eigenvalue weighted by Gasteiger charge is -2.41. The second kappa shape index (κ2) is 10.8. The number of anilines is 1. The molecule has 1 aliphatic carbocycles. The van der Waals surface area contributed by atoms with Crippen molar-refractivity contribution in [1.82, 2.24) is 15.2 Å². The number of amides is 2. The van der Waals surface area contributed by atoms with Crippen molar-refractivity contribution < 1.29 is 42.5 Å². The normalized spacial score (nSPS) is 23.0. The highest BCUT2D eigenvalue weighted by molar-refractivity contribution is 8.45. The number of methoxy groups -OCH3 is 1. The van der Waals surface area contributed by atoms with E-state index in [1.165, 1.54) is 25.6 Å². The number of alkyl halides is 2. The standard InChI is InChI=1S/C27H30F7N5O3S/c1-17-9-12-36-14-22(17)24(25(40)37-18-7-10-27(28,29)11-8-18)39(26(41)23-13-20(42-2)15-38(23)16-35)19-3-5-21(6-4-19)43(30,31,32,33)34/h3-6,9,12,14,18,20,23-24H,7-8,10-11,13,15H2,1-2H3,(H,37,40)/t20-,23-,24?/m1/s1. The van der Waals surface area contributed by atoms with E-state index >= 15 is 0 Å². The van der Waals surface area contributed by atoms with Crippen LogP contribution in [0.15, 0.2) is 47.6 Å². The van der Waals surface area contributed by atoms with E-state index in [1.807, 2.05) is 6.19 Å². The summed E-state index contributed by atoms with van der Waals surface area (Å²) in [6, 6.07) is -0.452. The molecule has 1 N–H and O–H groups in total. The van der Waals surface area contributed by atoms with E-state index in [-0.39, 0.29) is 49.2 Å². The van der Waals surface area contributed by atoms with Gasteiger partial charge in [0.05, 0.1) is 12.6 Å². The van der Waals surface area contributed by atoms with Crippen LogP contribution in [0.1, 0.15) is 49.3 Å². The van der Waals surface area contributed by atoms with Crippen molar-refractivity contribution in [1.29, 1.82) is 5.26 Å². The van der Waals surface area contributed by atoms with Crippen molar-refractivity contribution in [3.8, 4) is 6.19 Å². The number of halogens is 7. The van der Waals surface area contributed by atoms with Crippen molar-refractivity contribution in [2.45, 2.75) is 74.1 Å². The summed E-state index contributed by atoms with van der Waals surface area (Å²) >= 11 is 0. The fourth-order valence-corrected chi connectivity index (χ4v) is 6.02. The van der Waals surface area contributed by atoms with E-state index in [0.29, 0.717) is 17.7 Å². The van der Waals surface area contributed by atoms with E-state index < -0.39 is 69.9 Å². The number of likely N-dealkylation sites (tertiary alicyclic amines) is 1. The number of nitrogens with one attached hydrogen (secondary N) is 1. The third-order valence-corrected chi connectivity index (χ3v) is 8.91. The number of rotatable bonds is 8. The number of carbonyl (C=O) groups excluding carboxylic acids is 2.